The van der Waals surface area contributed by atoms with E-state index in [-0.39, 0.29) is 9.79 Å². The number of aryl methyl sites for hydroxylation is 1. The molecular formula is C47H65IN4O7S2+2. The van der Waals surface area contributed by atoms with Gasteiger partial charge in [-0.3, -0.25) is 9.11 Å². The summed E-state index contributed by atoms with van der Waals surface area (Å²) in [6, 6.07) is 18.0. The topological polar surface area (TPSA) is 132 Å². The number of benzene rings is 3. The van der Waals surface area contributed by atoms with E-state index in [0.29, 0.717) is 29.7 Å². The average molecular weight is 989 g/mol. The standard InChI is InChI=1S/C47H63IN4O7S2/c1-46(2)39-32-37(60(54,55)56)21-23-41(39)49(28-12-30-51(6,7)8)43(46)25-19-36(35-17-14-34(15-18-35)16-27-45(53)48-5)20-26-44-47(3,4)40-33-38(61(57,58)59)22-24-42(40)50(44)29-13-31-52(9,10)11/h14-15,17-26,32-33H,12-13,16,27-31H2,1-11H3/p+2. The van der Waals surface area contributed by atoms with Crippen LogP contribution in [0.2, 0.25) is 0 Å². The molecule has 0 saturated carbocycles. The third-order valence-corrected chi connectivity index (χ3v) is 15.1. The molecule has 2 aliphatic rings. The van der Waals surface area contributed by atoms with Crippen LogP contribution in [0.25, 0.3) is 5.57 Å². The molecule has 0 spiro atoms. The van der Waals surface area contributed by atoms with Crippen LogP contribution in [0.4, 0.5) is 11.4 Å². The maximum absolute atomic E-state index is 12.3. The summed E-state index contributed by atoms with van der Waals surface area (Å²) in [5, 5.41) is 0. The van der Waals surface area contributed by atoms with Crippen LogP contribution >= 0.6 is 0 Å². The van der Waals surface area contributed by atoms with Crippen LogP contribution < -0.4 is 26.1 Å². The molecule has 0 amide bonds. The Labute approximate surface area is 375 Å². The Morgan fingerprint density at radius 3 is 1.93 bits per heavy atom. The molecule has 0 saturated heterocycles. The third kappa shape index (κ3) is 11.7. The molecular weight excluding hydrogens is 924 g/mol. The van der Waals surface area contributed by atoms with Crippen molar-refractivity contribution in [1.29, 1.82) is 0 Å². The van der Waals surface area contributed by atoms with Gasteiger partial charge in [-0.05, 0) is 49.7 Å². The molecule has 0 aromatic heterocycles. The number of halogens is 1. The molecule has 61 heavy (non-hydrogen) atoms. The van der Waals surface area contributed by atoms with Crippen LogP contribution in [0.1, 0.15) is 69.2 Å². The van der Waals surface area contributed by atoms with Crippen LogP contribution in [0.15, 0.2) is 100 Å². The van der Waals surface area contributed by atoms with Crippen molar-refractivity contribution in [3.8, 4) is 0 Å². The summed E-state index contributed by atoms with van der Waals surface area (Å²) in [5.74, 6) is 0. The fourth-order valence-electron chi connectivity index (χ4n) is 8.30. The molecule has 2 aliphatic heterocycles. The third-order valence-electron chi connectivity index (χ3n) is 11.7. The summed E-state index contributed by atoms with van der Waals surface area (Å²) in [7, 11) is 4.11. The number of fused-ring (bicyclic) bond motifs is 2. The molecule has 0 aliphatic carbocycles. The summed E-state index contributed by atoms with van der Waals surface area (Å²) in [6.45, 7) is 11.6. The summed E-state index contributed by atoms with van der Waals surface area (Å²) < 4.78 is 73.4. The van der Waals surface area contributed by atoms with Gasteiger partial charge < -0.3 is 8.97 Å². The number of carbonyl (C=O) groups excluding carboxylic acids is 1. The Bertz CT molecular complexity index is 2510. The van der Waals surface area contributed by atoms with Gasteiger partial charge in [-0.25, -0.2) is 0 Å². The van der Waals surface area contributed by atoms with Gasteiger partial charge in [0, 0.05) is 30.3 Å². The number of hydrogen-bond donors (Lipinski definition) is 2. The molecule has 3 aromatic rings. The number of hydrogen-bond acceptors (Lipinski definition) is 6. The Kier molecular flexibility index (Phi) is 14.6. The number of nitrogens with zero attached hydrogens (tertiary/aromatic N) is 4. The van der Waals surface area contributed by atoms with Crippen LogP contribution in [0.5, 0.6) is 0 Å². The van der Waals surface area contributed by atoms with E-state index in [4.69, 9.17) is 0 Å². The van der Waals surface area contributed by atoms with Gasteiger partial charge in [0.2, 0.25) is 5.69 Å². The van der Waals surface area contributed by atoms with E-state index in [1.165, 1.54) is 12.1 Å². The molecule has 0 atom stereocenters. The number of rotatable bonds is 18. The molecule has 0 radical (unpaired) electrons. The van der Waals surface area contributed by atoms with E-state index in [1.54, 1.807) is 24.3 Å². The predicted octanol–water partition coefficient (Wildman–Crippen LogP) is 4.25. The number of anilines is 1. The molecule has 2 heterocycles. The van der Waals surface area contributed by atoms with E-state index in [1.807, 2.05) is 4.93 Å². The van der Waals surface area contributed by atoms with Crippen molar-refractivity contribution in [2.45, 2.75) is 74.0 Å². The molecule has 11 nitrogen and oxygen atoms in total. The van der Waals surface area contributed by atoms with Gasteiger partial charge in [-0.1, -0.05) is 13.8 Å². The van der Waals surface area contributed by atoms with Crippen molar-refractivity contribution < 1.29 is 65.5 Å². The van der Waals surface area contributed by atoms with Crippen molar-refractivity contribution in [2.75, 3.05) is 78.3 Å². The molecule has 0 unspecified atom stereocenters. The van der Waals surface area contributed by atoms with Gasteiger partial charge in [0.15, 0.2) is 6.54 Å². The zero-order valence-electron chi connectivity index (χ0n) is 37.7. The van der Waals surface area contributed by atoms with Crippen molar-refractivity contribution in [2.24, 2.45) is 0 Å². The second kappa shape index (κ2) is 18.3. The van der Waals surface area contributed by atoms with Crippen LogP contribution in [-0.4, -0.2) is 122 Å². The van der Waals surface area contributed by atoms with Gasteiger partial charge >= 0.3 is 145 Å². The summed E-state index contributed by atoms with van der Waals surface area (Å²) in [6.07, 6.45) is 11.4. The normalized spacial score (nSPS) is 17.5. The first-order chi connectivity index (χ1) is 28.1. The number of carbonyl (C=O) groups is 1. The summed E-state index contributed by atoms with van der Waals surface area (Å²) in [4.78, 5) is 16.2. The Morgan fingerprint density at radius 1 is 0.787 bits per heavy atom. The first kappa shape index (κ1) is 48.5. The molecule has 14 heteroatoms. The Balaban J connectivity index is 1.68. The van der Waals surface area contributed by atoms with Gasteiger partial charge in [0.1, 0.15) is 0 Å². The molecule has 332 valence electrons. The van der Waals surface area contributed by atoms with Crippen LogP contribution in [-0.2, 0) is 42.3 Å². The second-order valence-corrected chi connectivity index (χ2v) is 24.4. The van der Waals surface area contributed by atoms with Crippen molar-refractivity contribution in [3.05, 3.63) is 113 Å². The van der Waals surface area contributed by atoms with E-state index in [2.05, 4.69) is 128 Å². The van der Waals surface area contributed by atoms with Gasteiger partial charge in [-0.2, -0.15) is 16.8 Å². The predicted molar refractivity (Wildman–Crippen MR) is 242 cm³/mol. The number of quaternary nitrogens is 2. The van der Waals surface area contributed by atoms with E-state index >= 15 is 0 Å². The van der Waals surface area contributed by atoms with Crippen LogP contribution in [0.3, 0.4) is 0 Å². The average Bonchev–Trinajstić information content (AvgIpc) is 3.49. The maximum atomic E-state index is 12.3. The zero-order chi connectivity index (χ0) is 45.3. The van der Waals surface area contributed by atoms with E-state index in [9.17, 15) is 30.7 Å². The van der Waals surface area contributed by atoms with Crippen LogP contribution in [0, 0.1) is 0 Å². The monoisotopic (exact) mass is 988 g/mol. The van der Waals surface area contributed by atoms with E-state index < -0.39 is 52.3 Å². The zero-order valence-corrected chi connectivity index (χ0v) is 41.4. The Morgan fingerprint density at radius 2 is 1.36 bits per heavy atom. The fraction of sp³-hybridized carbons (Fsp3) is 0.447. The molecule has 3 aromatic carbocycles. The van der Waals surface area contributed by atoms with E-state index in [0.717, 1.165) is 85.5 Å². The fourth-order valence-corrected chi connectivity index (χ4v) is 10.1. The molecule has 0 bridgehead atoms. The van der Waals surface area contributed by atoms with Crippen molar-refractivity contribution in [3.63, 3.8) is 0 Å². The Hall–Kier alpha value is -3.51. The first-order valence-corrected chi connectivity index (χ1v) is 26.7. The minimum atomic E-state index is -4.42. The van der Waals surface area contributed by atoms with Gasteiger partial charge in [0.05, 0.1) is 71.6 Å². The first-order valence-electron chi connectivity index (χ1n) is 20.6. The quantitative estimate of drug-likeness (QED) is 0.0369. The second-order valence-electron chi connectivity index (χ2n) is 19.2. The molecule has 5 rings (SSSR count). The van der Waals surface area contributed by atoms with Crippen molar-refractivity contribution >= 4 is 46.7 Å². The number of allylic oxidation sites excluding steroid dienone is 6. The SMILES string of the molecule is C[I-]C(=O)CCc1ccc(C(=C\C=C2\N(CCC[N+](C)(C)C)c3ccc(S(=O)(=O)O)cc3C2(C)C)/C=C/C2=[N+](CCC[N+](C)(C)C)c3ccc(S(=O)(=O)O)cc3C2(C)C)cc1. The van der Waals surface area contributed by atoms with Gasteiger partial charge in [-0.15, -0.1) is 0 Å². The molecule has 0 fully saturated rings. The van der Waals surface area contributed by atoms with Crippen molar-refractivity contribution in [1.82, 2.24) is 0 Å². The summed E-state index contributed by atoms with van der Waals surface area (Å²) >= 11 is -0.447. The van der Waals surface area contributed by atoms with Gasteiger partial charge in [0.25, 0.3) is 20.2 Å². The minimum absolute atomic E-state index is 0.138. The number of alkyl halides is 1. The summed E-state index contributed by atoms with van der Waals surface area (Å²) in [5.41, 5.74) is 7.13. The molecule has 2 N–H and O–H groups in total.